The number of hydrogen-bond acceptors (Lipinski definition) is 7. The number of anilines is 3. The maximum absolute atomic E-state index is 9.22. The van der Waals surface area contributed by atoms with Gasteiger partial charge in [0.05, 0.1) is 19.9 Å². The highest BCUT2D eigenvalue weighted by molar-refractivity contribution is 5.66. The number of aromatic nitrogens is 2. The molecule has 0 saturated heterocycles. The minimum Gasteiger partial charge on any atom is -0.497 e. The number of aliphatic hydroxyl groups excluding tert-OH is 1. The summed E-state index contributed by atoms with van der Waals surface area (Å²) in [7, 11) is 3.24. The fraction of sp³-hybridized carbons (Fsp3) is 0.474. The van der Waals surface area contributed by atoms with Crippen LogP contribution in [-0.2, 0) is 0 Å². The van der Waals surface area contributed by atoms with Crippen molar-refractivity contribution in [1.29, 1.82) is 0 Å². The maximum Gasteiger partial charge on any atom is 0.146 e. The number of ether oxygens (including phenoxy) is 2. The van der Waals surface area contributed by atoms with Gasteiger partial charge in [0.15, 0.2) is 0 Å². The molecule has 0 aliphatic heterocycles. The van der Waals surface area contributed by atoms with Crippen LogP contribution in [-0.4, -0.2) is 41.9 Å². The van der Waals surface area contributed by atoms with Crippen LogP contribution in [0.1, 0.15) is 25.7 Å². The molecule has 0 radical (unpaired) electrons. The number of nitrogens with zero attached hydrogens (tertiary/aromatic N) is 2. The average Bonchev–Trinajstić information content (AvgIpc) is 3.09. The molecule has 0 bridgehead atoms. The maximum atomic E-state index is 9.22. The fourth-order valence-corrected chi connectivity index (χ4v) is 3.47. The summed E-state index contributed by atoms with van der Waals surface area (Å²) >= 11 is 0. The van der Waals surface area contributed by atoms with Crippen LogP contribution < -0.4 is 20.1 Å². The van der Waals surface area contributed by atoms with Gasteiger partial charge < -0.3 is 25.2 Å². The molecule has 3 rings (SSSR count). The summed E-state index contributed by atoms with van der Waals surface area (Å²) in [6.45, 7) is 0.233. The smallest absolute Gasteiger partial charge is 0.146 e. The van der Waals surface area contributed by atoms with Crippen LogP contribution in [0.3, 0.4) is 0 Å². The van der Waals surface area contributed by atoms with Crippen LogP contribution in [0.15, 0.2) is 30.6 Å². The van der Waals surface area contributed by atoms with E-state index in [9.17, 15) is 5.11 Å². The zero-order valence-electron chi connectivity index (χ0n) is 15.2. The SMILES string of the molecule is COc1ccc(Nc2cc(NC3CCCC3CCO)ncn2)c(OC)c1. The Bertz CT molecular complexity index is 726. The number of rotatable bonds is 8. The lowest BCUT2D eigenvalue weighted by Gasteiger charge is -2.21. The van der Waals surface area contributed by atoms with Crippen molar-refractivity contribution in [2.24, 2.45) is 5.92 Å². The molecule has 0 amide bonds. The molecular weight excluding hydrogens is 332 g/mol. The van der Waals surface area contributed by atoms with Gasteiger partial charge >= 0.3 is 0 Å². The minimum atomic E-state index is 0.233. The molecule has 0 spiro atoms. The Labute approximate surface area is 153 Å². The Morgan fingerprint density at radius 2 is 1.96 bits per heavy atom. The molecule has 7 heteroatoms. The molecular formula is C19H26N4O3. The number of benzene rings is 1. The summed E-state index contributed by atoms with van der Waals surface area (Å²) in [4.78, 5) is 8.63. The van der Waals surface area contributed by atoms with E-state index in [-0.39, 0.29) is 6.61 Å². The van der Waals surface area contributed by atoms with E-state index >= 15 is 0 Å². The molecule has 1 aliphatic carbocycles. The fourth-order valence-electron chi connectivity index (χ4n) is 3.47. The van der Waals surface area contributed by atoms with E-state index in [2.05, 4.69) is 20.6 Å². The Morgan fingerprint density at radius 3 is 2.73 bits per heavy atom. The highest BCUT2D eigenvalue weighted by atomic mass is 16.5. The topological polar surface area (TPSA) is 88.5 Å². The Hall–Kier alpha value is -2.54. The number of aliphatic hydroxyl groups is 1. The van der Waals surface area contributed by atoms with Gasteiger partial charge in [-0.25, -0.2) is 9.97 Å². The second-order valence-corrected chi connectivity index (χ2v) is 6.43. The Balaban J connectivity index is 1.71. The zero-order valence-corrected chi connectivity index (χ0v) is 15.2. The Kier molecular flexibility index (Phi) is 6.12. The molecule has 2 aromatic rings. The van der Waals surface area contributed by atoms with Gasteiger partial charge in [0, 0.05) is 24.8 Å². The van der Waals surface area contributed by atoms with E-state index in [1.54, 1.807) is 14.2 Å². The summed E-state index contributed by atoms with van der Waals surface area (Å²) in [5.74, 6) is 3.37. The second-order valence-electron chi connectivity index (χ2n) is 6.43. The lowest BCUT2D eigenvalue weighted by atomic mass is 10.0. The normalized spacial score (nSPS) is 19.2. The standard InChI is InChI=1S/C19H26N4O3/c1-25-14-6-7-16(17(10-14)26-2)23-19-11-18(20-12-21-19)22-15-5-3-4-13(15)8-9-24/h6-7,10-13,15,24H,3-5,8-9H2,1-2H3,(H2,20,21,22,23). The molecule has 1 aromatic carbocycles. The van der Waals surface area contributed by atoms with E-state index in [1.165, 1.54) is 12.7 Å². The van der Waals surface area contributed by atoms with Crippen LogP contribution >= 0.6 is 0 Å². The van der Waals surface area contributed by atoms with Crippen molar-refractivity contribution in [3.05, 3.63) is 30.6 Å². The highest BCUT2D eigenvalue weighted by Crippen LogP contribution is 2.32. The van der Waals surface area contributed by atoms with Crippen LogP contribution in [0, 0.1) is 5.92 Å². The van der Waals surface area contributed by atoms with E-state index < -0.39 is 0 Å². The van der Waals surface area contributed by atoms with Crippen molar-refractivity contribution < 1.29 is 14.6 Å². The monoisotopic (exact) mass is 358 g/mol. The van der Waals surface area contributed by atoms with Gasteiger partial charge in [-0.3, -0.25) is 0 Å². The Morgan fingerprint density at radius 1 is 1.12 bits per heavy atom. The molecule has 140 valence electrons. The third-order valence-corrected chi connectivity index (χ3v) is 4.83. The first kappa shape index (κ1) is 18.3. The van der Waals surface area contributed by atoms with Crippen molar-refractivity contribution in [2.45, 2.75) is 31.7 Å². The largest absolute Gasteiger partial charge is 0.497 e. The van der Waals surface area contributed by atoms with Gasteiger partial charge in [0.1, 0.15) is 29.5 Å². The molecule has 7 nitrogen and oxygen atoms in total. The summed E-state index contributed by atoms with van der Waals surface area (Å²) in [5, 5.41) is 16.0. The molecule has 1 aliphatic rings. The molecule has 3 N–H and O–H groups in total. The van der Waals surface area contributed by atoms with Crippen LogP contribution in [0.4, 0.5) is 17.3 Å². The van der Waals surface area contributed by atoms with Crippen LogP contribution in [0.5, 0.6) is 11.5 Å². The zero-order chi connectivity index (χ0) is 18.4. The van der Waals surface area contributed by atoms with E-state index in [1.807, 2.05) is 24.3 Å². The van der Waals surface area contributed by atoms with Gasteiger partial charge in [-0.05, 0) is 37.3 Å². The van der Waals surface area contributed by atoms with Crippen molar-refractivity contribution in [3.8, 4) is 11.5 Å². The molecule has 26 heavy (non-hydrogen) atoms. The quantitative estimate of drug-likeness (QED) is 0.668. The number of nitrogens with one attached hydrogen (secondary N) is 2. The number of hydrogen-bond donors (Lipinski definition) is 3. The van der Waals surface area contributed by atoms with Gasteiger partial charge in [-0.1, -0.05) is 6.42 Å². The first-order valence-electron chi connectivity index (χ1n) is 8.92. The van der Waals surface area contributed by atoms with E-state index in [4.69, 9.17) is 9.47 Å². The van der Waals surface area contributed by atoms with Crippen molar-refractivity contribution in [2.75, 3.05) is 31.5 Å². The first-order valence-corrected chi connectivity index (χ1v) is 8.92. The molecule has 2 atom stereocenters. The minimum absolute atomic E-state index is 0.233. The highest BCUT2D eigenvalue weighted by Gasteiger charge is 2.26. The summed E-state index contributed by atoms with van der Waals surface area (Å²) in [6, 6.07) is 7.81. The molecule has 1 aromatic heterocycles. The molecule has 2 unspecified atom stereocenters. The van der Waals surface area contributed by atoms with Crippen molar-refractivity contribution in [1.82, 2.24) is 9.97 Å². The van der Waals surface area contributed by atoms with Gasteiger partial charge in [0.25, 0.3) is 0 Å². The summed E-state index contributed by atoms with van der Waals surface area (Å²) in [6.07, 6.45) is 5.80. The first-order chi connectivity index (χ1) is 12.7. The van der Waals surface area contributed by atoms with Gasteiger partial charge in [-0.15, -0.1) is 0 Å². The van der Waals surface area contributed by atoms with Crippen molar-refractivity contribution >= 4 is 17.3 Å². The lowest BCUT2D eigenvalue weighted by molar-refractivity contribution is 0.254. The summed E-state index contributed by atoms with van der Waals surface area (Å²) in [5.41, 5.74) is 0.803. The second kappa shape index (κ2) is 8.71. The predicted molar refractivity (Wildman–Crippen MR) is 101 cm³/mol. The third kappa shape index (κ3) is 4.35. The lowest BCUT2D eigenvalue weighted by Crippen LogP contribution is -2.25. The van der Waals surface area contributed by atoms with Crippen LogP contribution in [0.25, 0.3) is 0 Å². The molecule has 1 saturated carbocycles. The third-order valence-electron chi connectivity index (χ3n) is 4.83. The van der Waals surface area contributed by atoms with Crippen LogP contribution in [0.2, 0.25) is 0 Å². The van der Waals surface area contributed by atoms with Crippen molar-refractivity contribution in [3.63, 3.8) is 0 Å². The summed E-state index contributed by atoms with van der Waals surface area (Å²) < 4.78 is 10.6. The molecule has 1 fully saturated rings. The predicted octanol–water partition coefficient (Wildman–Crippen LogP) is 3.20. The van der Waals surface area contributed by atoms with E-state index in [0.29, 0.717) is 23.5 Å². The van der Waals surface area contributed by atoms with E-state index in [0.717, 1.165) is 36.5 Å². The molecule has 1 heterocycles. The number of methoxy groups -OCH3 is 2. The van der Waals surface area contributed by atoms with Gasteiger partial charge in [-0.2, -0.15) is 0 Å². The van der Waals surface area contributed by atoms with Gasteiger partial charge in [0.2, 0.25) is 0 Å². The average molecular weight is 358 g/mol.